The van der Waals surface area contributed by atoms with Gasteiger partial charge in [-0.25, -0.2) is 14.6 Å². The van der Waals surface area contributed by atoms with Gasteiger partial charge in [-0.2, -0.15) is 0 Å². The normalized spacial score (nSPS) is 10.6. The summed E-state index contributed by atoms with van der Waals surface area (Å²) in [6, 6.07) is 16.3. The molecule has 0 aliphatic carbocycles. The first-order valence-electron chi connectivity index (χ1n) is 9.32. The van der Waals surface area contributed by atoms with E-state index in [1.807, 2.05) is 44.2 Å². The van der Waals surface area contributed by atoms with E-state index in [1.54, 1.807) is 30.5 Å². The average Bonchev–Trinajstić information content (AvgIpc) is 3.20. The van der Waals surface area contributed by atoms with Crippen LogP contribution in [0.2, 0.25) is 0 Å². The van der Waals surface area contributed by atoms with Crippen molar-refractivity contribution in [1.29, 1.82) is 0 Å². The molecule has 3 rings (SSSR count). The molecule has 2 amide bonds. The van der Waals surface area contributed by atoms with Crippen molar-refractivity contribution in [2.75, 3.05) is 0 Å². The van der Waals surface area contributed by atoms with Gasteiger partial charge in [-0.05, 0) is 31.5 Å². The highest BCUT2D eigenvalue weighted by atomic mass is 16.5. The van der Waals surface area contributed by atoms with Crippen molar-refractivity contribution in [1.82, 2.24) is 15.6 Å². The molecule has 150 valence electrons. The van der Waals surface area contributed by atoms with Crippen molar-refractivity contribution in [3.63, 3.8) is 0 Å². The van der Waals surface area contributed by atoms with E-state index in [0.29, 0.717) is 23.8 Å². The fraction of sp³-hybridized carbons (Fsp3) is 0.227. The quantitative estimate of drug-likeness (QED) is 0.594. The van der Waals surface area contributed by atoms with Gasteiger partial charge < -0.3 is 19.8 Å². The van der Waals surface area contributed by atoms with E-state index in [9.17, 15) is 9.59 Å². The number of oxazole rings is 1. The second-order valence-electron chi connectivity index (χ2n) is 6.74. The monoisotopic (exact) mass is 393 g/mol. The Morgan fingerprint density at radius 2 is 1.79 bits per heavy atom. The summed E-state index contributed by atoms with van der Waals surface area (Å²) in [5.41, 5.74) is 2.19. The lowest BCUT2D eigenvalue weighted by Gasteiger charge is -2.10. The van der Waals surface area contributed by atoms with Gasteiger partial charge in [0.1, 0.15) is 0 Å². The van der Waals surface area contributed by atoms with Gasteiger partial charge in [0, 0.05) is 18.2 Å². The molecule has 1 aromatic heterocycles. The minimum Gasteiger partial charge on any atom is -0.452 e. The fourth-order valence-electron chi connectivity index (χ4n) is 2.58. The zero-order chi connectivity index (χ0) is 20.6. The number of rotatable bonds is 7. The van der Waals surface area contributed by atoms with Crippen LogP contribution >= 0.6 is 0 Å². The highest BCUT2D eigenvalue weighted by molar-refractivity contribution is 5.89. The minimum atomic E-state index is -0.471. The zero-order valence-corrected chi connectivity index (χ0v) is 16.3. The fourth-order valence-corrected chi connectivity index (χ4v) is 2.58. The summed E-state index contributed by atoms with van der Waals surface area (Å²) in [5.74, 6) is 0.478. The molecule has 2 N–H and O–H groups in total. The number of hydrogen-bond acceptors (Lipinski definition) is 5. The summed E-state index contributed by atoms with van der Waals surface area (Å²) >= 11 is 0. The van der Waals surface area contributed by atoms with Crippen LogP contribution < -0.4 is 10.6 Å². The molecule has 0 saturated carbocycles. The van der Waals surface area contributed by atoms with E-state index in [-0.39, 0.29) is 18.7 Å². The predicted molar refractivity (Wildman–Crippen MR) is 108 cm³/mol. The highest BCUT2D eigenvalue weighted by Gasteiger charge is 2.11. The van der Waals surface area contributed by atoms with Gasteiger partial charge in [-0.1, -0.05) is 42.5 Å². The maximum absolute atomic E-state index is 12.2. The number of urea groups is 1. The summed E-state index contributed by atoms with van der Waals surface area (Å²) in [5, 5.41) is 5.50. The van der Waals surface area contributed by atoms with E-state index in [0.717, 1.165) is 11.1 Å². The first-order valence-corrected chi connectivity index (χ1v) is 9.32. The van der Waals surface area contributed by atoms with Crippen molar-refractivity contribution in [3.8, 4) is 11.3 Å². The Hall–Kier alpha value is -3.61. The second kappa shape index (κ2) is 9.54. The first kappa shape index (κ1) is 20.1. The number of aromatic nitrogens is 1. The van der Waals surface area contributed by atoms with Crippen LogP contribution in [0.4, 0.5) is 4.79 Å². The average molecular weight is 393 g/mol. The number of amides is 2. The lowest BCUT2D eigenvalue weighted by molar-refractivity contribution is 0.0439. The molecule has 0 unspecified atom stereocenters. The van der Waals surface area contributed by atoms with Crippen LogP contribution in [0.5, 0.6) is 0 Å². The summed E-state index contributed by atoms with van der Waals surface area (Å²) in [7, 11) is 0. The largest absolute Gasteiger partial charge is 0.452 e. The first-order chi connectivity index (χ1) is 14.0. The molecule has 0 spiro atoms. The second-order valence-corrected chi connectivity index (χ2v) is 6.74. The maximum Gasteiger partial charge on any atom is 0.338 e. The molecule has 0 aliphatic heterocycles. The van der Waals surface area contributed by atoms with Gasteiger partial charge in [0.2, 0.25) is 5.89 Å². The predicted octanol–water partition coefficient (Wildman–Crippen LogP) is 3.91. The van der Waals surface area contributed by atoms with Gasteiger partial charge in [-0.3, -0.25) is 0 Å². The molecule has 3 aromatic rings. The molecule has 7 heteroatoms. The topological polar surface area (TPSA) is 93.5 Å². The molecule has 2 aromatic carbocycles. The molecule has 7 nitrogen and oxygen atoms in total. The summed E-state index contributed by atoms with van der Waals surface area (Å²) < 4.78 is 10.9. The van der Waals surface area contributed by atoms with E-state index >= 15 is 0 Å². The van der Waals surface area contributed by atoms with E-state index in [1.165, 1.54) is 0 Å². The third-order valence-electron chi connectivity index (χ3n) is 4.00. The third-order valence-corrected chi connectivity index (χ3v) is 4.00. The van der Waals surface area contributed by atoms with E-state index in [2.05, 4.69) is 15.6 Å². The van der Waals surface area contributed by atoms with Crippen LogP contribution in [0.3, 0.4) is 0 Å². The molecular weight excluding hydrogens is 370 g/mol. The Morgan fingerprint density at radius 3 is 2.48 bits per heavy atom. The number of carbonyl (C=O) groups excluding carboxylic acids is 2. The Labute approximate surface area is 169 Å². The number of ether oxygens (including phenoxy) is 1. The van der Waals surface area contributed by atoms with Gasteiger partial charge in [0.25, 0.3) is 0 Å². The molecule has 0 aliphatic rings. The molecule has 0 bridgehead atoms. The standard InChI is InChI=1S/C22H23N3O4/c1-15(2)25-22(27)24-12-16-8-10-18(11-9-16)21(26)28-14-20-23-13-19(29-20)17-6-4-3-5-7-17/h3-11,13,15H,12,14H2,1-2H3,(H2,24,25,27). The maximum atomic E-state index is 12.2. The van der Waals surface area contributed by atoms with Crippen LogP contribution in [0.1, 0.15) is 35.7 Å². The van der Waals surface area contributed by atoms with Crippen LogP contribution in [0, 0.1) is 0 Å². The minimum absolute atomic E-state index is 0.0512. The Bertz CT molecular complexity index is 950. The van der Waals surface area contributed by atoms with Crippen molar-refractivity contribution >= 4 is 12.0 Å². The van der Waals surface area contributed by atoms with E-state index in [4.69, 9.17) is 9.15 Å². The molecule has 0 saturated heterocycles. The van der Waals surface area contributed by atoms with Crippen molar-refractivity contribution < 1.29 is 18.7 Å². The molecule has 1 heterocycles. The van der Waals surface area contributed by atoms with Crippen LogP contribution in [0.15, 0.2) is 65.2 Å². The molecule has 29 heavy (non-hydrogen) atoms. The zero-order valence-electron chi connectivity index (χ0n) is 16.3. The van der Waals surface area contributed by atoms with Gasteiger partial charge >= 0.3 is 12.0 Å². The number of hydrogen-bond donors (Lipinski definition) is 2. The third kappa shape index (κ3) is 5.93. The molecule has 0 radical (unpaired) electrons. The number of carbonyl (C=O) groups is 2. The van der Waals surface area contributed by atoms with E-state index < -0.39 is 5.97 Å². The number of benzene rings is 2. The van der Waals surface area contributed by atoms with Crippen molar-refractivity contribution in [3.05, 3.63) is 77.8 Å². The van der Waals surface area contributed by atoms with Gasteiger partial charge in [0.15, 0.2) is 12.4 Å². The highest BCUT2D eigenvalue weighted by Crippen LogP contribution is 2.20. The Kier molecular flexibility index (Phi) is 6.63. The van der Waals surface area contributed by atoms with Crippen molar-refractivity contribution in [2.45, 2.75) is 33.0 Å². The summed E-state index contributed by atoms with van der Waals surface area (Å²) in [6.07, 6.45) is 1.61. The number of nitrogens with zero attached hydrogens (tertiary/aromatic N) is 1. The van der Waals surface area contributed by atoms with Gasteiger partial charge in [-0.15, -0.1) is 0 Å². The Balaban J connectivity index is 1.50. The molecule has 0 atom stereocenters. The van der Waals surface area contributed by atoms with Gasteiger partial charge in [0.05, 0.1) is 11.8 Å². The summed E-state index contributed by atoms with van der Waals surface area (Å²) in [6.45, 7) is 4.10. The smallest absolute Gasteiger partial charge is 0.338 e. The number of nitrogens with one attached hydrogen (secondary N) is 2. The lowest BCUT2D eigenvalue weighted by Crippen LogP contribution is -2.39. The summed E-state index contributed by atoms with van der Waals surface area (Å²) in [4.78, 5) is 28.0. The SMILES string of the molecule is CC(C)NC(=O)NCc1ccc(C(=O)OCc2ncc(-c3ccccc3)o2)cc1. The van der Waals surface area contributed by atoms with Crippen LogP contribution in [0.25, 0.3) is 11.3 Å². The van der Waals surface area contributed by atoms with Crippen molar-refractivity contribution in [2.24, 2.45) is 0 Å². The lowest BCUT2D eigenvalue weighted by atomic mass is 10.1. The van der Waals surface area contributed by atoms with Crippen LogP contribution in [-0.4, -0.2) is 23.0 Å². The molecule has 0 fully saturated rings. The van der Waals surface area contributed by atoms with Crippen LogP contribution in [-0.2, 0) is 17.9 Å². The Morgan fingerprint density at radius 1 is 1.07 bits per heavy atom. The number of esters is 1. The molecular formula is C22H23N3O4.